The number of aryl methyl sites for hydroxylation is 1. The van der Waals surface area contributed by atoms with Crippen LogP contribution in [0.4, 0.5) is 0 Å². The number of aliphatic hydroxyl groups excluding tert-OH is 1. The van der Waals surface area contributed by atoms with Crippen molar-refractivity contribution in [1.29, 1.82) is 0 Å². The maximum atomic E-state index is 13.5. The maximum absolute atomic E-state index is 13.5. The number of hydrogen-bond acceptors (Lipinski definition) is 5. The minimum Gasteiger partial charge on any atom is -0.395 e. The Balaban J connectivity index is 1.71. The van der Waals surface area contributed by atoms with Gasteiger partial charge in [0.15, 0.2) is 0 Å². The first-order valence-corrected chi connectivity index (χ1v) is 9.94. The van der Waals surface area contributed by atoms with Crippen LogP contribution in [0.5, 0.6) is 0 Å². The predicted octanol–water partition coefficient (Wildman–Crippen LogP) is 3.88. The van der Waals surface area contributed by atoms with Crippen LogP contribution in [0.1, 0.15) is 21.6 Å². The topological polar surface area (TPSA) is 79.5 Å². The summed E-state index contributed by atoms with van der Waals surface area (Å²) in [5, 5.41) is 14.2. The molecule has 30 heavy (non-hydrogen) atoms. The summed E-state index contributed by atoms with van der Waals surface area (Å²) in [6.45, 7) is 2.44. The molecule has 0 atom stereocenters. The number of fused-ring (bicyclic) bond motifs is 1. The van der Waals surface area contributed by atoms with Gasteiger partial charge in [0, 0.05) is 18.7 Å². The van der Waals surface area contributed by atoms with Crippen molar-refractivity contribution < 1.29 is 14.4 Å². The summed E-state index contributed by atoms with van der Waals surface area (Å²) in [4.78, 5) is 19.7. The van der Waals surface area contributed by atoms with Crippen LogP contribution in [-0.4, -0.2) is 45.8 Å². The molecule has 2 aromatic heterocycles. The van der Waals surface area contributed by atoms with Gasteiger partial charge in [-0.3, -0.25) is 4.79 Å². The van der Waals surface area contributed by atoms with Crippen molar-refractivity contribution in [2.45, 2.75) is 13.3 Å². The molecule has 4 aromatic rings. The Bertz CT molecular complexity index is 1140. The van der Waals surface area contributed by atoms with Crippen molar-refractivity contribution in [2.75, 3.05) is 19.7 Å². The van der Waals surface area contributed by atoms with Crippen LogP contribution in [0, 0.1) is 6.92 Å². The number of nitrogens with zero attached hydrogens (tertiary/aromatic N) is 3. The first-order valence-electron chi connectivity index (χ1n) is 9.94. The number of hydrogen-bond donors (Lipinski definition) is 1. The molecule has 0 aliphatic rings. The van der Waals surface area contributed by atoms with Gasteiger partial charge in [0.05, 0.1) is 28.9 Å². The number of amides is 1. The van der Waals surface area contributed by atoms with E-state index < -0.39 is 0 Å². The molecule has 0 radical (unpaired) electrons. The summed E-state index contributed by atoms with van der Waals surface area (Å²) >= 11 is 0. The number of carbonyl (C=O) groups is 1. The number of rotatable bonds is 7. The van der Waals surface area contributed by atoms with E-state index in [0.29, 0.717) is 41.0 Å². The smallest absolute Gasteiger partial charge is 0.259 e. The highest BCUT2D eigenvalue weighted by Crippen LogP contribution is 2.28. The van der Waals surface area contributed by atoms with Gasteiger partial charge in [-0.2, -0.15) is 0 Å². The normalized spacial score (nSPS) is 11.0. The zero-order chi connectivity index (χ0) is 20.9. The van der Waals surface area contributed by atoms with E-state index in [-0.39, 0.29) is 19.1 Å². The van der Waals surface area contributed by atoms with E-state index in [1.807, 2.05) is 60.7 Å². The standard InChI is InChI=1S/C24H23N3O3/c1-17-22-20(16-21(25-23(22)30-26-17)19-10-6-3-7-11-19)24(29)27(14-15-28)13-12-18-8-4-2-5-9-18/h2-11,16,28H,12-15H2,1H3. The molecule has 0 saturated carbocycles. The average Bonchev–Trinajstić information content (AvgIpc) is 3.17. The van der Waals surface area contributed by atoms with Gasteiger partial charge in [0.2, 0.25) is 0 Å². The van der Waals surface area contributed by atoms with Crippen LogP contribution in [-0.2, 0) is 6.42 Å². The molecule has 1 amide bonds. The molecule has 0 fully saturated rings. The molecule has 0 aliphatic carbocycles. The van der Waals surface area contributed by atoms with E-state index in [2.05, 4.69) is 10.1 Å². The Morgan fingerprint density at radius 3 is 2.43 bits per heavy atom. The zero-order valence-corrected chi connectivity index (χ0v) is 16.8. The number of carbonyl (C=O) groups excluding carboxylic acids is 1. The van der Waals surface area contributed by atoms with E-state index >= 15 is 0 Å². The number of pyridine rings is 1. The van der Waals surface area contributed by atoms with E-state index in [1.165, 1.54) is 0 Å². The van der Waals surface area contributed by atoms with E-state index in [4.69, 9.17) is 4.52 Å². The summed E-state index contributed by atoms with van der Waals surface area (Å²) in [6, 6.07) is 21.4. The fraction of sp³-hybridized carbons (Fsp3) is 0.208. The van der Waals surface area contributed by atoms with Gasteiger partial charge >= 0.3 is 0 Å². The Morgan fingerprint density at radius 2 is 1.73 bits per heavy atom. The van der Waals surface area contributed by atoms with Gasteiger partial charge in [0.1, 0.15) is 0 Å². The Hall–Kier alpha value is -3.51. The minimum atomic E-state index is -0.170. The largest absolute Gasteiger partial charge is 0.395 e. The quantitative estimate of drug-likeness (QED) is 0.508. The van der Waals surface area contributed by atoms with Crippen LogP contribution in [0.25, 0.3) is 22.4 Å². The molecular formula is C24H23N3O3. The summed E-state index contributed by atoms with van der Waals surface area (Å²) in [7, 11) is 0. The summed E-state index contributed by atoms with van der Waals surface area (Å²) < 4.78 is 5.39. The molecule has 2 aromatic carbocycles. The molecule has 6 nitrogen and oxygen atoms in total. The van der Waals surface area contributed by atoms with Gasteiger partial charge < -0.3 is 14.5 Å². The third kappa shape index (κ3) is 4.09. The number of aliphatic hydroxyl groups is 1. The lowest BCUT2D eigenvalue weighted by Gasteiger charge is -2.22. The van der Waals surface area contributed by atoms with Crippen molar-refractivity contribution in [1.82, 2.24) is 15.0 Å². The van der Waals surface area contributed by atoms with Crippen LogP contribution in [0.3, 0.4) is 0 Å². The molecule has 0 unspecified atom stereocenters. The highest BCUT2D eigenvalue weighted by atomic mass is 16.5. The second kappa shape index (κ2) is 8.88. The molecule has 6 heteroatoms. The molecule has 152 valence electrons. The van der Waals surface area contributed by atoms with E-state index in [9.17, 15) is 9.90 Å². The van der Waals surface area contributed by atoms with Crippen LogP contribution < -0.4 is 0 Å². The highest BCUT2D eigenvalue weighted by Gasteiger charge is 2.23. The monoisotopic (exact) mass is 401 g/mol. The summed E-state index contributed by atoms with van der Waals surface area (Å²) in [5.41, 5.74) is 4.12. The lowest BCUT2D eigenvalue weighted by molar-refractivity contribution is 0.0726. The van der Waals surface area contributed by atoms with Crippen LogP contribution >= 0.6 is 0 Å². The molecule has 0 saturated heterocycles. The molecule has 0 spiro atoms. The first-order chi connectivity index (χ1) is 14.7. The van der Waals surface area contributed by atoms with Gasteiger partial charge in [-0.15, -0.1) is 0 Å². The Kier molecular flexibility index (Phi) is 5.86. The minimum absolute atomic E-state index is 0.108. The SMILES string of the molecule is Cc1noc2nc(-c3ccccc3)cc(C(=O)N(CCO)CCc3ccccc3)c12. The molecule has 0 bridgehead atoms. The highest BCUT2D eigenvalue weighted by molar-refractivity contribution is 6.07. The molecular weight excluding hydrogens is 378 g/mol. The third-order valence-corrected chi connectivity index (χ3v) is 5.09. The van der Waals surface area contributed by atoms with Gasteiger partial charge in [-0.25, -0.2) is 4.98 Å². The van der Waals surface area contributed by atoms with Crippen LogP contribution in [0.15, 0.2) is 71.3 Å². The fourth-order valence-corrected chi connectivity index (χ4v) is 3.53. The molecule has 2 heterocycles. The van der Waals surface area contributed by atoms with Gasteiger partial charge in [0.25, 0.3) is 11.6 Å². The van der Waals surface area contributed by atoms with Crippen molar-refractivity contribution >= 4 is 17.0 Å². The maximum Gasteiger partial charge on any atom is 0.259 e. The van der Waals surface area contributed by atoms with E-state index in [1.54, 1.807) is 17.9 Å². The van der Waals surface area contributed by atoms with Crippen LogP contribution in [0.2, 0.25) is 0 Å². The third-order valence-electron chi connectivity index (χ3n) is 5.09. The van der Waals surface area contributed by atoms with Gasteiger partial charge in [-0.05, 0) is 25.0 Å². The summed E-state index contributed by atoms with van der Waals surface area (Å²) in [6.07, 6.45) is 0.703. The second-order valence-electron chi connectivity index (χ2n) is 7.12. The molecule has 4 rings (SSSR count). The van der Waals surface area contributed by atoms with Crippen molar-refractivity contribution in [3.8, 4) is 11.3 Å². The first kappa shape index (κ1) is 19.8. The second-order valence-corrected chi connectivity index (χ2v) is 7.12. The van der Waals surface area contributed by atoms with Crippen molar-refractivity contribution in [2.24, 2.45) is 0 Å². The fourth-order valence-electron chi connectivity index (χ4n) is 3.53. The van der Waals surface area contributed by atoms with Gasteiger partial charge in [-0.1, -0.05) is 65.8 Å². The summed E-state index contributed by atoms with van der Waals surface area (Å²) in [5.74, 6) is -0.170. The number of benzene rings is 2. The lowest BCUT2D eigenvalue weighted by Crippen LogP contribution is -2.35. The van der Waals surface area contributed by atoms with Crippen molar-refractivity contribution in [3.63, 3.8) is 0 Å². The van der Waals surface area contributed by atoms with Crippen molar-refractivity contribution in [3.05, 3.63) is 83.6 Å². The average molecular weight is 401 g/mol. The Morgan fingerprint density at radius 1 is 1.03 bits per heavy atom. The zero-order valence-electron chi connectivity index (χ0n) is 16.8. The molecule has 0 aliphatic heterocycles. The lowest BCUT2D eigenvalue weighted by atomic mass is 10.0. The predicted molar refractivity (Wildman–Crippen MR) is 115 cm³/mol. The van der Waals surface area contributed by atoms with E-state index in [0.717, 1.165) is 11.1 Å². The number of aromatic nitrogens is 2. The molecule has 1 N–H and O–H groups in total. The Labute approximate surface area is 174 Å².